The van der Waals surface area contributed by atoms with Crippen molar-refractivity contribution in [1.82, 2.24) is 5.32 Å². The zero-order valence-electron chi connectivity index (χ0n) is 11.2. The van der Waals surface area contributed by atoms with E-state index >= 15 is 0 Å². The van der Waals surface area contributed by atoms with Crippen LogP contribution in [0.5, 0.6) is 5.75 Å². The standard InChI is InChI=1S/C15H21NO2/c1-11-7-6-8-12(2)14(11)18-15(17)16-13-9-4-3-5-10-13/h6-8,13H,3-5,9-10H2,1-2H3,(H,16,17). The van der Waals surface area contributed by atoms with Gasteiger partial charge in [-0.3, -0.25) is 0 Å². The number of hydrogen-bond acceptors (Lipinski definition) is 2. The molecule has 0 saturated heterocycles. The number of amides is 1. The highest BCUT2D eigenvalue weighted by atomic mass is 16.6. The van der Waals surface area contributed by atoms with Crippen molar-refractivity contribution in [3.8, 4) is 5.75 Å². The maximum absolute atomic E-state index is 11.9. The molecule has 1 aliphatic carbocycles. The van der Waals surface area contributed by atoms with Gasteiger partial charge < -0.3 is 10.1 Å². The van der Waals surface area contributed by atoms with E-state index < -0.39 is 0 Å². The van der Waals surface area contributed by atoms with Crippen molar-refractivity contribution in [2.24, 2.45) is 0 Å². The molecule has 1 N–H and O–H groups in total. The zero-order chi connectivity index (χ0) is 13.0. The van der Waals surface area contributed by atoms with Crippen LogP contribution in [-0.2, 0) is 0 Å². The van der Waals surface area contributed by atoms with Crippen molar-refractivity contribution in [2.75, 3.05) is 0 Å². The van der Waals surface area contributed by atoms with Crippen LogP contribution in [0.25, 0.3) is 0 Å². The molecular formula is C15H21NO2. The van der Waals surface area contributed by atoms with E-state index in [1.54, 1.807) is 0 Å². The van der Waals surface area contributed by atoms with E-state index in [0.717, 1.165) is 24.0 Å². The summed E-state index contributed by atoms with van der Waals surface area (Å²) in [5, 5.41) is 2.96. The molecular weight excluding hydrogens is 226 g/mol. The van der Waals surface area contributed by atoms with Crippen molar-refractivity contribution < 1.29 is 9.53 Å². The molecule has 1 aromatic rings. The van der Waals surface area contributed by atoms with Crippen molar-refractivity contribution >= 4 is 6.09 Å². The van der Waals surface area contributed by atoms with Gasteiger partial charge in [-0.15, -0.1) is 0 Å². The van der Waals surface area contributed by atoms with E-state index in [2.05, 4.69) is 5.32 Å². The van der Waals surface area contributed by atoms with Crippen LogP contribution in [0, 0.1) is 13.8 Å². The second-order valence-corrected chi connectivity index (χ2v) is 5.09. The molecule has 0 atom stereocenters. The van der Waals surface area contributed by atoms with Crippen LogP contribution >= 0.6 is 0 Å². The summed E-state index contributed by atoms with van der Waals surface area (Å²) < 4.78 is 5.43. The number of rotatable bonds is 2. The SMILES string of the molecule is Cc1cccc(C)c1OC(=O)NC1CCCCC1. The summed E-state index contributed by atoms with van der Waals surface area (Å²) in [5.74, 6) is 0.686. The first-order chi connectivity index (χ1) is 8.66. The molecule has 3 heteroatoms. The highest BCUT2D eigenvalue weighted by Crippen LogP contribution is 2.23. The van der Waals surface area contributed by atoms with E-state index in [0.29, 0.717) is 5.75 Å². The lowest BCUT2D eigenvalue weighted by Gasteiger charge is -2.22. The fourth-order valence-electron chi connectivity index (χ4n) is 2.50. The molecule has 0 radical (unpaired) electrons. The maximum atomic E-state index is 11.9. The summed E-state index contributed by atoms with van der Waals surface area (Å²) in [6.07, 6.45) is 5.51. The highest BCUT2D eigenvalue weighted by molar-refractivity contribution is 5.71. The van der Waals surface area contributed by atoms with Gasteiger partial charge in [0, 0.05) is 6.04 Å². The fourth-order valence-corrected chi connectivity index (χ4v) is 2.50. The van der Waals surface area contributed by atoms with Crippen LogP contribution in [-0.4, -0.2) is 12.1 Å². The predicted octanol–water partition coefficient (Wildman–Crippen LogP) is 3.72. The Hall–Kier alpha value is -1.51. The number of carbonyl (C=O) groups is 1. The Labute approximate surface area is 109 Å². The minimum absolute atomic E-state index is 0.288. The molecule has 18 heavy (non-hydrogen) atoms. The van der Waals surface area contributed by atoms with Gasteiger partial charge in [0.05, 0.1) is 0 Å². The minimum atomic E-state index is -0.320. The summed E-state index contributed by atoms with van der Waals surface area (Å²) in [5.41, 5.74) is 1.99. The van der Waals surface area contributed by atoms with E-state index in [9.17, 15) is 4.79 Å². The number of ether oxygens (including phenoxy) is 1. The topological polar surface area (TPSA) is 38.3 Å². The molecule has 0 unspecified atom stereocenters. The third-order valence-corrected chi connectivity index (χ3v) is 3.53. The number of nitrogens with one attached hydrogen (secondary N) is 1. The smallest absolute Gasteiger partial charge is 0.410 e. The molecule has 2 rings (SSSR count). The molecule has 1 aromatic carbocycles. The molecule has 1 fully saturated rings. The van der Waals surface area contributed by atoms with Gasteiger partial charge in [0.1, 0.15) is 5.75 Å². The van der Waals surface area contributed by atoms with Crippen LogP contribution in [0.4, 0.5) is 4.79 Å². The van der Waals surface area contributed by atoms with Gasteiger partial charge in [-0.2, -0.15) is 0 Å². The Morgan fingerprint density at radius 2 is 1.78 bits per heavy atom. The first-order valence-electron chi connectivity index (χ1n) is 6.71. The van der Waals surface area contributed by atoms with E-state index in [-0.39, 0.29) is 12.1 Å². The number of benzene rings is 1. The average Bonchev–Trinajstić information content (AvgIpc) is 2.35. The molecule has 0 aliphatic heterocycles. The zero-order valence-corrected chi connectivity index (χ0v) is 11.2. The second kappa shape index (κ2) is 5.89. The van der Waals surface area contributed by atoms with Crippen molar-refractivity contribution in [3.63, 3.8) is 0 Å². The van der Waals surface area contributed by atoms with E-state index in [4.69, 9.17) is 4.74 Å². The molecule has 1 amide bonds. The monoisotopic (exact) mass is 247 g/mol. The lowest BCUT2D eigenvalue weighted by molar-refractivity contribution is 0.191. The van der Waals surface area contributed by atoms with Crippen LogP contribution in [0.15, 0.2) is 18.2 Å². The van der Waals surface area contributed by atoms with Crippen LogP contribution in [0.2, 0.25) is 0 Å². The molecule has 0 aromatic heterocycles. The predicted molar refractivity (Wildman–Crippen MR) is 71.9 cm³/mol. The summed E-state index contributed by atoms with van der Waals surface area (Å²) in [7, 11) is 0. The first kappa shape index (κ1) is 12.9. The Kier molecular flexibility index (Phi) is 4.24. The first-order valence-corrected chi connectivity index (χ1v) is 6.71. The molecule has 98 valence electrons. The maximum Gasteiger partial charge on any atom is 0.412 e. The Bertz CT molecular complexity index is 402. The largest absolute Gasteiger partial charge is 0.412 e. The number of carbonyl (C=O) groups excluding carboxylic acids is 1. The highest BCUT2D eigenvalue weighted by Gasteiger charge is 2.17. The molecule has 1 aliphatic rings. The molecule has 1 saturated carbocycles. The van der Waals surface area contributed by atoms with Gasteiger partial charge in [0.2, 0.25) is 0 Å². The Morgan fingerprint density at radius 3 is 2.39 bits per heavy atom. The molecule has 0 spiro atoms. The second-order valence-electron chi connectivity index (χ2n) is 5.09. The van der Waals surface area contributed by atoms with Crippen molar-refractivity contribution in [3.05, 3.63) is 29.3 Å². The van der Waals surface area contributed by atoms with Crippen molar-refractivity contribution in [1.29, 1.82) is 0 Å². The van der Waals surface area contributed by atoms with Crippen LogP contribution in [0.3, 0.4) is 0 Å². The molecule has 3 nitrogen and oxygen atoms in total. The third-order valence-electron chi connectivity index (χ3n) is 3.53. The van der Waals surface area contributed by atoms with E-state index in [1.165, 1.54) is 19.3 Å². The summed E-state index contributed by atoms with van der Waals surface area (Å²) in [6, 6.07) is 6.17. The Morgan fingerprint density at radius 1 is 1.17 bits per heavy atom. The molecule has 0 heterocycles. The quantitative estimate of drug-likeness (QED) is 0.864. The minimum Gasteiger partial charge on any atom is -0.410 e. The Balaban J connectivity index is 1.94. The lowest BCUT2D eigenvalue weighted by atomic mass is 9.96. The summed E-state index contributed by atoms with van der Waals surface area (Å²) in [4.78, 5) is 11.9. The average molecular weight is 247 g/mol. The molecule has 0 bridgehead atoms. The third kappa shape index (κ3) is 3.25. The normalized spacial score (nSPS) is 16.3. The van der Waals surface area contributed by atoms with Gasteiger partial charge in [0.25, 0.3) is 0 Å². The lowest BCUT2D eigenvalue weighted by Crippen LogP contribution is -2.38. The van der Waals surface area contributed by atoms with E-state index in [1.807, 2.05) is 32.0 Å². The van der Waals surface area contributed by atoms with Crippen LogP contribution < -0.4 is 10.1 Å². The summed E-state index contributed by atoms with van der Waals surface area (Å²) in [6.45, 7) is 3.91. The van der Waals surface area contributed by atoms with Crippen molar-refractivity contribution in [2.45, 2.75) is 52.0 Å². The number of hydrogen-bond donors (Lipinski definition) is 1. The summed E-state index contributed by atoms with van der Waals surface area (Å²) >= 11 is 0. The van der Waals surface area contributed by atoms with Gasteiger partial charge >= 0.3 is 6.09 Å². The van der Waals surface area contributed by atoms with Gasteiger partial charge in [-0.05, 0) is 37.8 Å². The fraction of sp³-hybridized carbons (Fsp3) is 0.533. The number of para-hydroxylation sites is 1. The van der Waals surface area contributed by atoms with Gasteiger partial charge in [-0.1, -0.05) is 37.5 Å². The number of aryl methyl sites for hydroxylation is 2. The van der Waals surface area contributed by atoms with Crippen LogP contribution in [0.1, 0.15) is 43.2 Å². The van der Waals surface area contributed by atoms with Gasteiger partial charge in [0.15, 0.2) is 0 Å². The van der Waals surface area contributed by atoms with Gasteiger partial charge in [-0.25, -0.2) is 4.79 Å².